The fourth-order valence-corrected chi connectivity index (χ4v) is 3.22. The van der Waals surface area contributed by atoms with Crippen LogP contribution in [0.2, 0.25) is 15.1 Å². The Morgan fingerprint density at radius 1 is 1.04 bits per heavy atom. The number of rotatable bonds is 2. The van der Waals surface area contributed by atoms with E-state index < -0.39 is 0 Å². The van der Waals surface area contributed by atoms with E-state index in [0.717, 1.165) is 5.56 Å². The van der Waals surface area contributed by atoms with Crippen LogP contribution in [0.5, 0.6) is 0 Å². The average molecular weight is 378 g/mol. The second kappa shape index (κ2) is 6.78. The molecule has 0 saturated carbocycles. The minimum Gasteiger partial charge on any atom is -0.440 e. The molecule has 0 fully saturated rings. The second-order valence-corrected chi connectivity index (χ2v) is 6.46. The number of hydrogen-bond donors (Lipinski definition) is 1. The van der Waals surface area contributed by atoms with E-state index in [1.165, 1.54) is 0 Å². The molecule has 2 aromatic carbocycles. The predicted octanol–water partition coefficient (Wildman–Crippen LogP) is 5.50. The molecule has 2 aromatic rings. The summed E-state index contributed by atoms with van der Waals surface area (Å²) in [7, 11) is 0. The van der Waals surface area contributed by atoms with Gasteiger partial charge < -0.3 is 10.5 Å². The monoisotopic (exact) mass is 376 g/mol. The van der Waals surface area contributed by atoms with Crippen molar-refractivity contribution in [1.29, 1.82) is 5.26 Å². The second-order valence-electron chi connectivity index (χ2n) is 5.18. The molecule has 0 aliphatic carbocycles. The molecule has 0 saturated heterocycles. The van der Waals surface area contributed by atoms with Gasteiger partial charge >= 0.3 is 0 Å². The Morgan fingerprint density at radius 2 is 1.79 bits per heavy atom. The zero-order valence-corrected chi connectivity index (χ0v) is 14.5. The number of benzene rings is 2. The molecule has 3 rings (SSSR count). The first-order chi connectivity index (χ1) is 11.5. The highest BCUT2D eigenvalue weighted by molar-refractivity contribution is 6.35. The molecule has 2 N–H and O–H groups in total. The number of nitrogens with two attached hydrogens (primary N) is 1. The van der Waals surface area contributed by atoms with E-state index in [0.29, 0.717) is 32.0 Å². The van der Waals surface area contributed by atoms with Crippen LogP contribution in [0.4, 0.5) is 0 Å². The lowest BCUT2D eigenvalue weighted by molar-refractivity contribution is 0.360. The first-order valence-corrected chi connectivity index (χ1v) is 8.13. The van der Waals surface area contributed by atoms with Crippen molar-refractivity contribution in [2.75, 3.05) is 0 Å². The van der Waals surface area contributed by atoms with Gasteiger partial charge in [-0.1, -0.05) is 46.9 Å². The molecule has 3 nitrogen and oxygen atoms in total. The van der Waals surface area contributed by atoms with Crippen LogP contribution in [0, 0.1) is 11.3 Å². The number of nitrogens with zero attached hydrogens (tertiary/aromatic N) is 1. The third-order valence-electron chi connectivity index (χ3n) is 3.64. The Kier molecular flexibility index (Phi) is 4.73. The van der Waals surface area contributed by atoms with Gasteiger partial charge in [0.25, 0.3) is 0 Å². The lowest BCUT2D eigenvalue weighted by atomic mass is 9.89. The Hall–Kier alpha value is -2.12. The molecule has 0 aromatic heterocycles. The summed E-state index contributed by atoms with van der Waals surface area (Å²) in [5.74, 6) is 0.147. The fraction of sp³-hybridized carbons (Fsp3) is 0.0556. The van der Waals surface area contributed by atoms with E-state index in [-0.39, 0.29) is 11.8 Å². The van der Waals surface area contributed by atoms with Gasteiger partial charge in [0, 0.05) is 21.5 Å². The van der Waals surface area contributed by atoms with Crippen LogP contribution < -0.4 is 5.73 Å². The normalized spacial score (nSPS) is 17.1. The molecular formula is C18H11Cl3N2O. The first kappa shape index (κ1) is 16.7. The highest BCUT2D eigenvalue weighted by atomic mass is 35.5. The van der Waals surface area contributed by atoms with Crippen molar-refractivity contribution in [3.63, 3.8) is 0 Å². The standard InChI is InChI=1S/C18H11Cl3N2O/c19-11-3-1-2-10(6-11)14-8-17(24-18(23)15(14)9-22)13-5-4-12(20)7-16(13)21/h1-8,14H,23H2. The van der Waals surface area contributed by atoms with E-state index >= 15 is 0 Å². The van der Waals surface area contributed by atoms with Crippen molar-refractivity contribution in [1.82, 2.24) is 0 Å². The van der Waals surface area contributed by atoms with Crippen molar-refractivity contribution >= 4 is 40.6 Å². The lowest BCUT2D eigenvalue weighted by Crippen LogP contribution is -2.16. The van der Waals surface area contributed by atoms with E-state index in [2.05, 4.69) is 6.07 Å². The maximum absolute atomic E-state index is 9.44. The minimum absolute atomic E-state index is 0.0472. The summed E-state index contributed by atoms with van der Waals surface area (Å²) in [5, 5.41) is 11.0. The molecule has 0 amide bonds. The van der Waals surface area contributed by atoms with Crippen molar-refractivity contribution < 1.29 is 4.74 Å². The van der Waals surface area contributed by atoms with Crippen LogP contribution in [0.15, 0.2) is 60.0 Å². The molecule has 6 heteroatoms. The van der Waals surface area contributed by atoms with Crippen LogP contribution in [-0.2, 0) is 4.74 Å². The fourth-order valence-electron chi connectivity index (χ4n) is 2.52. The zero-order chi connectivity index (χ0) is 17.3. The van der Waals surface area contributed by atoms with Gasteiger partial charge in [-0.05, 0) is 42.0 Å². The quantitative estimate of drug-likeness (QED) is 0.752. The number of halogens is 3. The van der Waals surface area contributed by atoms with Crippen LogP contribution in [0.25, 0.3) is 5.76 Å². The van der Waals surface area contributed by atoms with Gasteiger partial charge in [-0.25, -0.2) is 0 Å². The Bertz CT molecular complexity index is 913. The molecule has 1 atom stereocenters. The topological polar surface area (TPSA) is 59.0 Å². The number of hydrogen-bond acceptors (Lipinski definition) is 3. The highest BCUT2D eigenvalue weighted by Crippen LogP contribution is 2.39. The van der Waals surface area contributed by atoms with Gasteiger partial charge in [-0.15, -0.1) is 0 Å². The number of ether oxygens (including phenoxy) is 1. The van der Waals surface area contributed by atoms with E-state index in [1.807, 2.05) is 12.1 Å². The molecule has 120 valence electrons. The number of nitriles is 1. The summed E-state index contributed by atoms with van der Waals surface area (Å²) < 4.78 is 5.61. The predicted molar refractivity (Wildman–Crippen MR) is 96.5 cm³/mol. The maximum atomic E-state index is 9.44. The first-order valence-electron chi connectivity index (χ1n) is 7.00. The van der Waals surface area contributed by atoms with E-state index in [4.69, 9.17) is 45.3 Å². The van der Waals surface area contributed by atoms with E-state index in [9.17, 15) is 5.26 Å². The zero-order valence-electron chi connectivity index (χ0n) is 12.3. The third-order valence-corrected chi connectivity index (χ3v) is 4.42. The Morgan fingerprint density at radius 3 is 2.46 bits per heavy atom. The summed E-state index contributed by atoms with van der Waals surface area (Å²) in [4.78, 5) is 0. The van der Waals surface area contributed by atoms with Crippen molar-refractivity contribution in [2.45, 2.75) is 5.92 Å². The Balaban J connectivity index is 2.12. The minimum atomic E-state index is -0.371. The summed E-state index contributed by atoms with van der Waals surface area (Å²) in [5.41, 5.74) is 7.77. The van der Waals surface area contributed by atoms with Crippen LogP contribution in [0.3, 0.4) is 0 Å². The molecule has 24 heavy (non-hydrogen) atoms. The van der Waals surface area contributed by atoms with Crippen LogP contribution >= 0.6 is 34.8 Å². The summed E-state index contributed by atoms with van der Waals surface area (Å²) in [6.07, 6.45) is 1.80. The molecular weight excluding hydrogens is 367 g/mol. The SMILES string of the molecule is N#CC1=C(N)OC(c2ccc(Cl)cc2Cl)=CC1c1cccc(Cl)c1. The third kappa shape index (κ3) is 3.22. The summed E-state index contributed by atoms with van der Waals surface area (Å²) in [6.45, 7) is 0. The molecule has 0 bridgehead atoms. The molecule has 1 heterocycles. The molecule has 1 unspecified atom stereocenters. The van der Waals surface area contributed by atoms with Crippen LogP contribution in [0.1, 0.15) is 17.0 Å². The summed E-state index contributed by atoms with van der Waals surface area (Å²) in [6, 6.07) is 14.4. The van der Waals surface area contributed by atoms with Crippen LogP contribution in [-0.4, -0.2) is 0 Å². The average Bonchev–Trinajstić information content (AvgIpc) is 2.54. The van der Waals surface area contributed by atoms with Gasteiger partial charge in [0.15, 0.2) is 0 Å². The van der Waals surface area contributed by atoms with Gasteiger partial charge in [0.05, 0.1) is 5.02 Å². The molecule has 1 aliphatic rings. The Labute approximate surface area is 154 Å². The lowest BCUT2D eigenvalue weighted by Gasteiger charge is -2.23. The van der Waals surface area contributed by atoms with Crippen molar-refractivity contribution in [3.05, 3.63) is 86.2 Å². The molecule has 0 spiro atoms. The summed E-state index contributed by atoms with van der Waals surface area (Å²) >= 11 is 18.3. The number of allylic oxidation sites excluding steroid dienone is 2. The van der Waals surface area contributed by atoms with Gasteiger partial charge in [-0.2, -0.15) is 5.26 Å². The van der Waals surface area contributed by atoms with Gasteiger partial charge in [0.2, 0.25) is 5.88 Å². The van der Waals surface area contributed by atoms with Crippen molar-refractivity contribution in [3.8, 4) is 6.07 Å². The molecule has 0 radical (unpaired) electrons. The van der Waals surface area contributed by atoms with Gasteiger partial charge in [-0.3, -0.25) is 0 Å². The maximum Gasteiger partial charge on any atom is 0.205 e. The largest absolute Gasteiger partial charge is 0.440 e. The van der Waals surface area contributed by atoms with Crippen molar-refractivity contribution in [2.24, 2.45) is 5.73 Å². The van der Waals surface area contributed by atoms with E-state index in [1.54, 1.807) is 36.4 Å². The smallest absolute Gasteiger partial charge is 0.205 e. The van der Waals surface area contributed by atoms with Gasteiger partial charge in [0.1, 0.15) is 17.4 Å². The highest BCUT2D eigenvalue weighted by Gasteiger charge is 2.26. The molecule has 1 aliphatic heterocycles.